The quantitative estimate of drug-likeness (QED) is 0.168. The number of furan rings is 1. The third-order valence-electron chi connectivity index (χ3n) is 11.0. The zero-order valence-electron chi connectivity index (χ0n) is 29.4. The van der Waals surface area contributed by atoms with Crippen LogP contribution in [-0.2, 0) is 0 Å². The number of fused-ring (bicyclic) bond motifs is 10. The Morgan fingerprint density at radius 2 is 0.889 bits per heavy atom. The van der Waals surface area contributed by atoms with Gasteiger partial charge in [0.2, 0.25) is 0 Å². The molecule has 0 saturated heterocycles. The Hall–Kier alpha value is -7.16. The fourth-order valence-corrected chi connectivity index (χ4v) is 8.41. The first-order valence-electron chi connectivity index (χ1n) is 18.5. The molecule has 2 nitrogen and oxygen atoms in total. The van der Waals surface area contributed by atoms with Crippen LogP contribution in [0.3, 0.4) is 0 Å². The summed E-state index contributed by atoms with van der Waals surface area (Å²) in [6, 6.07) is 72.2. The molecule has 0 saturated carbocycles. The van der Waals surface area contributed by atoms with Crippen LogP contribution in [0.4, 0.5) is 17.1 Å². The summed E-state index contributed by atoms with van der Waals surface area (Å²) in [7, 11) is 0. The lowest BCUT2D eigenvalue weighted by Gasteiger charge is -2.27. The molecular weight excluding hydrogens is 655 g/mol. The van der Waals surface area contributed by atoms with E-state index in [1.165, 1.54) is 59.8 Å². The average molecular weight is 688 g/mol. The third kappa shape index (κ3) is 4.88. The molecule has 0 unspecified atom stereocenters. The van der Waals surface area contributed by atoms with Gasteiger partial charge in [0.25, 0.3) is 0 Å². The monoisotopic (exact) mass is 687 g/mol. The molecule has 0 radical (unpaired) electrons. The van der Waals surface area contributed by atoms with Gasteiger partial charge in [-0.15, -0.1) is 0 Å². The van der Waals surface area contributed by atoms with Gasteiger partial charge in [0.15, 0.2) is 5.58 Å². The predicted molar refractivity (Wildman–Crippen MR) is 229 cm³/mol. The lowest BCUT2D eigenvalue weighted by Crippen LogP contribution is -2.10. The van der Waals surface area contributed by atoms with Gasteiger partial charge in [-0.1, -0.05) is 158 Å². The van der Waals surface area contributed by atoms with Gasteiger partial charge in [0.05, 0.1) is 5.69 Å². The molecule has 54 heavy (non-hydrogen) atoms. The van der Waals surface area contributed by atoms with Gasteiger partial charge in [-0.2, -0.15) is 0 Å². The van der Waals surface area contributed by atoms with E-state index >= 15 is 0 Å². The van der Waals surface area contributed by atoms with Crippen LogP contribution >= 0.6 is 0 Å². The first-order chi connectivity index (χ1) is 26.8. The second kappa shape index (κ2) is 12.2. The second-order valence-corrected chi connectivity index (χ2v) is 14.1. The minimum atomic E-state index is 0.873. The molecule has 0 amide bonds. The van der Waals surface area contributed by atoms with E-state index in [0.29, 0.717) is 0 Å². The zero-order valence-corrected chi connectivity index (χ0v) is 29.4. The molecule has 11 aromatic rings. The maximum atomic E-state index is 6.79. The largest absolute Gasteiger partial charge is 0.454 e. The highest BCUT2D eigenvalue weighted by Crippen LogP contribution is 2.46. The molecule has 0 spiro atoms. The first-order valence-corrected chi connectivity index (χ1v) is 18.5. The standard InChI is InChI=1S/C52H33NO/c1-2-11-34(12-3-1)39-15-10-16-43(31-39)53(48-33-41-14-5-7-18-45(41)51-46-19-8-9-20-49(46)54-52(48)51)42-29-27-35(28-30-42)40-26-23-37-22-25-38-24-21-36-13-4-6-17-44(36)50(38)47(37)32-40/h1-33H. The zero-order chi connectivity index (χ0) is 35.6. The molecule has 10 aromatic carbocycles. The maximum Gasteiger partial charge on any atom is 0.160 e. The van der Waals surface area contributed by atoms with Crippen LogP contribution in [0.25, 0.3) is 87.3 Å². The van der Waals surface area contributed by atoms with Crippen molar-refractivity contribution in [2.45, 2.75) is 0 Å². The molecule has 0 fully saturated rings. The van der Waals surface area contributed by atoms with Crippen LogP contribution in [0.5, 0.6) is 0 Å². The highest BCUT2D eigenvalue weighted by molar-refractivity contribution is 6.23. The Morgan fingerprint density at radius 3 is 1.70 bits per heavy atom. The molecule has 11 rings (SSSR count). The predicted octanol–water partition coefficient (Wildman–Crippen LogP) is 15.0. The first kappa shape index (κ1) is 30.5. The highest BCUT2D eigenvalue weighted by Gasteiger charge is 2.22. The topological polar surface area (TPSA) is 16.4 Å². The minimum absolute atomic E-state index is 0.873. The molecule has 252 valence electrons. The van der Waals surface area contributed by atoms with Crippen molar-refractivity contribution in [1.29, 1.82) is 0 Å². The van der Waals surface area contributed by atoms with E-state index < -0.39 is 0 Å². The number of para-hydroxylation sites is 1. The van der Waals surface area contributed by atoms with Crippen molar-refractivity contribution in [1.82, 2.24) is 0 Å². The van der Waals surface area contributed by atoms with E-state index in [0.717, 1.165) is 44.6 Å². The molecule has 1 aromatic heterocycles. The normalized spacial score (nSPS) is 11.7. The fourth-order valence-electron chi connectivity index (χ4n) is 8.41. The van der Waals surface area contributed by atoms with E-state index in [1.54, 1.807) is 0 Å². The molecule has 0 aliphatic rings. The van der Waals surface area contributed by atoms with Gasteiger partial charge < -0.3 is 9.32 Å². The minimum Gasteiger partial charge on any atom is -0.454 e. The second-order valence-electron chi connectivity index (χ2n) is 14.1. The van der Waals surface area contributed by atoms with E-state index in [2.05, 4.69) is 199 Å². The molecule has 0 aliphatic carbocycles. The molecular formula is C52H33NO. The van der Waals surface area contributed by atoms with E-state index in [4.69, 9.17) is 4.42 Å². The highest BCUT2D eigenvalue weighted by atomic mass is 16.3. The van der Waals surface area contributed by atoms with Crippen LogP contribution < -0.4 is 4.90 Å². The van der Waals surface area contributed by atoms with Crippen LogP contribution in [0.1, 0.15) is 0 Å². The van der Waals surface area contributed by atoms with Gasteiger partial charge in [0, 0.05) is 22.1 Å². The summed E-state index contributed by atoms with van der Waals surface area (Å²) in [5, 5.41) is 12.2. The van der Waals surface area contributed by atoms with Gasteiger partial charge in [-0.25, -0.2) is 0 Å². The summed E-state index contributed by atoms with van der Waals surface area (Å²) in [5.41, 5.74) is 9.57. The Bertz CT molecular complexity index is 3210. The van der Waals surface area contributed by atoms with Crippen LogP contribution in [0.2, 0.25) is 0 Å². The maximum absolute atomic E-state index is 6.79. The van der Waals surface area contributed by atoms with Crippen LogP contribution in [0, 0.1) is 0 Å². The van der Waals surface area contributed by atoms with Crippen molar-refractivity contribution in [2.75, 3.05) is 4.90 Å². The SMILES string of the molecule is c1ccc(-c2cccc(N(c3ccc(-c4ccc5ccc6ccc7ccccc7c6c5c4)cc3)c3cc4ccccc4c4c3oc3ccccc34)c2)cc1. The van der Waals surface area contributed by atoms with Crippen molar-refractivity contribution in [3.05, 3.63) is 200 Å². The Balaban J connectivity index is 1.11. The van der Waals surface area contributed by atoms with Gasteiger partial charge >= 0.3 is 0 Å². The fraction of sp³-hybridized carbons (Fsp3) is 0. The molecule has 0 bridgehead atoms. The lowest BCUT2D eigenvalue weighted by atomic mass is 9.94. The summed E-state index contributed by atoms with van der Waals surface area (Å²) >= 11 is 0. The Kier molecular flexibility index (Phi) is 6.90. The third-order valence-corrected chi connectivity index (χ3v) is 11.0. The molecule has 0 aliphatic heterocycles. The summed E-state index contributed by atoms with van der Waals surface area (Å²) in [6.45, 7) is 0. The molecule has 0 atom stereocenters. The summed E-state index contributed by atoms with van der Waals surface area (Å²) in [5.74, 6) is 0. The molecule has 0 N–H and O–H groups in total. The van der Waals surface area contributed by atoms with Crippen molar-refractivity contribution in [3.63, 3.8) is 0 Å². The number of hydrogen-bond donors (Lipinski definition) is 0. The number of anilines is 3. The summed E-state index contributed by atoms with van der Waals surface area (Å²) in [6.07, 6.45) is 0. The van der Waals surface area contributed by atoms with E-state index in [1.807, 2.05) is 6.07 Å². The van der Waals surface area contributed by atoms with Gasteiger partial charge in [-0.3, -0.25) is 0 Å². The molecule has 2 heteroatoms. The van der Waals surface area contributed by atoms with Crippen molar-refractivity contribution in [3.8, 4) is 22.3 Å². The lowest BCUT2D eigenvalue weighted by molar-refractivity contribution is 0.669. The van der Waals surface area contributed by atoms with Gasteiger partial charge in [-0.05, 0) is 108 Å². The summed E-state index contributed by atoms with van der Waals surface area (Å²) in [4.78, 5) is 2.35. The average Bonchev–Trinajstić information content (AvgIpc) is 3.64. The van der Waals surface area contributed by atoms with E-state index in [-0.39, 0.29) is 0 Å². The Labute approximate surface area is 312 Å². The van der Waals surface area contributed by atoms with Crippen LogP contribution in [0.15, 0.2) is 205 Å². The Morgan fingerprint density at radius 1 is 0.315 bits per heavy atom. The van der Waals surface area contributed by atoms with Gasteiger partial charge in [0.1, 0.15) is 5.58 Å². The van der Waals surface area contributed by atoms with E-state index in [9.17, 15) is 0 Å². The number of benzene rings is 10. The van der Waals surface area contributed by atoms with Crippen LogP contribution in [-0.4, -0.2) is 0 Å². The number of rotatable bonds is 5. The van der Waals surface area contributed by atoms with Crippen molar-refractivity contribution in [2.24, 2.45) is 0 Å². The molecule has 1 heterocycles. The smallest absolute Gasteiger partial charge is 0.160 e. The van der Waals surface area contributed by atoms with Crippen molar-refractivity contribution < 1.29 is 4.42 Å². The summed E-state index contributed by atoms with van der Waals surface area (Å²) < 4.78 is 6.79. The number of nitrogens with zero attached hydrogens (tertiary/aromatic N) is 1. The number of hydrogen-bond acceptors (Lipinski definition) is 2. The van der Waals surface area contributed by atoms with Crippen molar-refractivity contribution >= 4 is 82.1 Å².